The topological polar surface area (TPSA) is 74.2 Å². The number of nitrogens with zero attached hydrogens (tertiary/aromatic N) is 5. The number of thiazole rings is 1. The molecule has 1 aliphatic heterocycles. The van der Waals surface area contributed by atoms with E-state index in [0.717, 1.165) is 46.7 Å². The molecule has 1 aliphatic rings. The van der Waals surface area contributed by atoms with Crippen molar-refractivity contribution in [1.29, 1.82) is 0 Å². The van der Waals surface area contributed by atoms with Crippen molar-refractivity contribution in [3.05, 3.63) is 28.7 Å². The standard InChI is InChI=1S/C17H24N6OS/c1-11-8-14(21-17-18-9-12(2)25-17)20-16(19-11)13-6-5-7-23(13)10-15(24)22(3)4/h8-9,13H,5-7,10H2,1-4H3,(H,18,19,20,21). The third-order valence-corrected chi connectivity index (χ3v) is 5.05. The summed E-state index contributed by atoms with van der Waals surface area (Å²) < 4.78 is 0. The number of aryl methyl sites for hydroxylation is 2. The van der Waals surface area contributed by atoms with Crippen molar-refractivity contribution in [3.63, 3.8) is 0 Å². The van der Waals surface area contributed by atoms with Crippen molar-refractivity contribution < 1.29 is 4.79 Å². The van der Waals surface area contributed by atoms with Gasteiger partial charge in [0.25, 0.3) is 0 Å². The molecule has 3 heterocycles. The molecule has 0 aliphatic carbocycles. The maximum Gasteiger partial charge on any atom is 0.236 e. The van der Waals surface area contributed by atoms with Gasteiger partial charge < -0.3 is 10.2 Å². The van der Waals surface area contributed by atoms with Crippen LogP contribution in [0.1, 0.15) is 35.3 Å². The second kappa shape index (κ2) is 7.45. The molecule has 1 N–H and O–H groups in total. The lowest BCUT2D eigenvalue weighted by Crippen LogP contribution is -2.36. The molecule has 2 aromatic rings. The van der Waals surface area contributed by atoms with Gasteiger partial charge in [0.1, 0.15) is 11.6 Å². The van der Waals surface area contributed by atoms with E-state index >= 15 is 0 Å². The van der Waals surface area contributed by atoms with Gasteiger partial charge >= 0.3 is 0 Å². The Balaban J connectivity index is 1.80. The summed E-state index contributed by atoms with van der Waals surface area (Å²) in [4.78, 5) is 30.7. The zero-order valence-corrected chi connectivity index (χ0v) is 15.9. The van der Waals surface area contributed by atoms with E-state index in [1.54, 1.807) is 30.3 Å². The second-order valence-electron chi connectivity index (χ2n) is 6.57. The van der Waals surface area contributed by atoms with Gasteiger partial charge in [0.2, 0.25) is 5.91 Å². The van der Waals surface area contributed by atoms with Gasteiger partial charge in [-0.25, -0.2) is 15.0 Å². The number of hydrogen-bond donors (Lipinski definition) is 1. The Morgan fingerprint density at radius 3 is 2.88 bits per heavy atom. The first kappa shape index (κ1) is 17.8. The van der Waals surface area contributed by atoms with Gasteiger partial charge in [-0.2, -0.15) is 0 Å². The maximum atomic E-state index is 12.1. The van der Waals surface area contributed by atoms with Crippen LogP contribution in [-0.4, -0.2) is 57.8 Å². The largest absolute Gasteiger partial charge is 0.348 e. The number of rotatable bonds is 5. The van der Waals surface area contributed by atoms with Crippen LogP contribution in [0.5, 0.6) is 0 Å². The molecule has 0 spiro atoms. The van der Waals surface area contributed by atoms with Crippen LogP contribution in [0.4, 0.5) is 10.9 Å². The monoisotopic (exact) mass is 360 g/mol. The van der Waals surface area contributed by atoms with Crippen LogP contribution >= 0.6 is 11.3 Å². The van der Waals surface area contributed by atoms with E-state index in [1.165, 1.54) is 0 Å². The predicted octanol–water partition coefficient (Wildman–Crippen LogP) is 2.52. The van der Waals surface area contributed by atoms with Crippen molar-refractivity contribution in [2.24, 2.45) is 0 Å². The van der Waals surface area contributed by atoms with Gasteiger partial charge in [-0.3, -0.25) is 9.69 Å². The highest BCUT2D eigenvalue weighted by Gasteiger charge is 2.30. The molecular weight excluding hydrogens is 336 g/mol. The fourth-order valence-corrected chi connectivity index (χ4v) is 3.62. The lowest BCUT2D eigenvalue weighted by molar-refractivity contribution is -0.130. The summed E-state index contributed by atoms with van der Waals surface area (Å²) >= 11 is 1.60. The molecule has 1 atom stereocenters. The molecule has 0 aromatic carbocycles. The third kappa shape index (κ3) is 4.32. The summed E-state index contributed by atoms with van der Waals surface area (Å²) in [5.74, 6) is 1.64. The number of nitrogens with one attached hydrogen (secondary N) is 1. The second-order valence-corrected chi connectivity index (χ2v) is 7.81. The first-order valence-electron chi connectivity index (χ1n) is 8.41. The van der Waals surface area contributed by atoms with Gasteiger partial charge in [-0.15, -0.1) is 11.3 Å². The molecule has 3 rings (SSSR count). The van der Waals surface area contributed by atoms with E-state index < -0.39 is 0 Å². The van der Waals surface area contributed by atoms with Crippen molar-refractivity contribution in [2.75, 3.05) is 32.5 Å². The van der Waals surface area contributed by atoms with E-state index in [0.29, 0.717) is 6.54 Å². The fourth-order valence-electron chi connectivity index (χ4n) is 2.95. The van der Waals surface area contributed by atoms with Gasteiger partial charge in [-0.1, -0.05) is 0 Å². The molecule has 1 saturated heterocycles. The highest BCUT2D eigenvalue weighted by Crippen LogP contribution is 2.31. The zero-order valence-electron chi connectivity index (χ0n) is 15.1. The Kier molecular flexibility index (Phi) is 5.29. The summed E-state index contributed by atoms with van der Waals surface area (Å²) in [5.41, 5.74) is 0.909. The Hall–Kier alpha value is -2.06. The van der Waals surface area contributed by atoms with Crippen LogP contribution in [0, 0.1) is 13.8 Å². The van der Waals surface area contributed by atoms with Crippen LogP contribution in [-0.2, 0) is 4.79 Å². The van der Waals surface area contributed by atoms with Crippen LogP contribution in [0.2, 0.25) is 0 Å². The van der Waals surface area contributed by atoms with E-state index in [1.807, 2.05) is 26.1 Å². The molecule has 0 bridgehead atoms. The molecule has 2 aromatic heterocycles. The van der Waals surface area contributed by atoms with Crippen LogP contribution in [0.3, 0.4) is 0 Å². The average Bonchev–Trinajstić information content (AvgIpc) is 3.15. The number of carbonyl (C=O) groups is 1. The molecule has 7 nitrogen and oxygen atoms in total. The molecule has 1 fully saturated rings. The Morgan fingerprint density at radius 2 is 2.20 bits per heavy atom. The molecule has 25 heavy (non-hydrogen) atoms. The molecule has 1 amide bonds. The number of amides is 1. The highest BCUT2D eigenvalue weighted by atomic mass is 32.1. The first-order chi connectivity index (χ1) is 11.9. The number of aromatic nitrogens is 3. The Labute approximate surface area is 152 Å². The van der Waals surface area contributed by atoms with Gasteiger partial charge in [0, 0.05) is 36.9 Å². The van der Waals surface area contributed by atoms with Crippen LogP contribution in [0.15, 0.2) is 12.3 Å². The molecular formula is C17H24N6OS. The fraction of sp³-hybridized carbons (Fsp3) is 0.529. The smallest absolute Gasteiger partial charge is 0.236 e. The molecule has 0 radical (unpaired) electrons. The van der Waals surface area contributed by atoms with Gasteiger partial charge in [0.05, 0.1) is 12.6 Å². The summed E-state index contributed by atoms with van der Waals surface area (Å²) in [6.07, 6.45) is 3.87. The van der Waals surface area contributed by atoms with E-state index in [4.69, 9.17) is 4.98 Å². The van der Waals surface area contributed by atoms with E-state index in [-0.39, 0.29) is 11.9 Å². The van der Waals surface area contributed by atoms with E-state index in [9.17, 15) is 4.79 Å². The number of anilines is 2. The first-order valence-corrected chi connectivity index (χ1v) is 9.23. The number of hydrogen-bond acceptors (Lipinski definition) is 7. The third-order valence-electron chi connectivity index (χ3n) is 4.23. The quantitative estimate of drug-likeness (QED) is 0.883. The van der Waals surface area contributed by atoms with Crippen molar-refractivity contribution in [3.8, 4) is 0 Å². The summed E-state index contributed by atoms with van der Waals surface area (Å²) in [7, 11) is 3.57. The summed E-state index contributed by atoms with van der Waals surface area (Å²) in [6.45, 7) is 5.30. The zero-order chi connectivity index (χ0) is 18.0. The normalized spacial score (nSPS) is 17.7. The van der Waals surface area contributed by atoms with Crippen LogP contribution < -0.4 is 5.32 Å². The minimum absolute atomic E-state index is 0.0855. The summed E-state index contributed by atoms with van der Waals surface area (Å²) in [5, 5.41) is 4.09. The van der Waals surface area contributed by atoms with E-state index in [2.05, 4.69) is 20.2 Å². The lowest BCUT2D eigenvalue weighted by Gasteiger charge is -2.24. The molecule has 8 heteroatoms. The number of likely N-dealkylation sites (tertiary alicyclic amines) is 1. The number of carbonyl (C=O) groups excluding carboxylic acids is 1. The number of likely N-dealkylation sites (N-methyl/N-ethyl adjacent to an activating group) is 1. The van der Waals surface area contributed by atoms with Crippen LogP contribution in [0.25, 0.3) is 0 Å². The highest BCUT2D eigenvalue weighted by molar-refractivity contribution is 7.15. The Bertz CT molecular complexity index is 759. The minimum Gasteiger partial charge on any atom is -0.348 e. The lowest BCUT2D eigenvalue weighted by atomic mass is 10.2. The minimum atomic E-state index is 0.0855. The van der Waals surface area contributed by atoms with Gasteiger partial charge in [0.15, 0.2) is 5.13 Å². The Morgan fingerprint density at radius 1 is 1.40 bits per heavy atom. The van der Waals surface area contributed by atoms with Crippen molar-refractivity contribution in [2.45, 2.75) is 32.7 Å². The van der Waals surface area contributed by atoms with Crippen molar-refractivity contribution in [1.82, 2.24) is 24.8 Å². The van der Waals surface area contributed by atoms with Gasteiger partial charge in [-0.05, 0) is 33.2 Å². The summed E-state index contributed by atoms with van der Waals surface area (Å²) in [6, 6.07) is 2.01. The predicted molar refractivity (Wildman–Crippen MR) is 99.1 cm³/mol. The molecule has 0 saturated carbocycles. The SMILES string of the molecule is Cc1cc(Nc2ncc(C)s2)nc(C2CCCN2CC(=O)N(C)C)n1. The average molecular weight is 360 g/mol. The maximum absolute atomic E-state index is 12.1. The van der Waals surface area contributed by atoms with Crippen molar-refractivity contribution >= 4 is 28.2 Å². The molecule has 134 valence electrons. The molecule has 1 unspecified atom stereocenters.